The number of benzene rings is 3. The van der Waals surface area contributed by atoms with E-state index < -0.39 is 0 Å². The molecule has 0 N–H and O–H groups in total. The number of hydrogen-bond donors (Lipinski definition) is 0. The average molecular weight is 391 g/mol. The van der Waals surface area contributed by atoms with Gasteiger partial charge in [0.1, 0.15) is 37.1 Å². The maximum Gasteiger partial charge on any atom is 0.119 e. The van der Waals surface area contributed by atoms with Crippen molar-refractivity contribution in [3.05, 3.63) is 89.5 Å². The van der Waals surface area contributed by atoms with Crippen LogP contribution in [0.2, 0.25) is 0 Å². The van der Waals surface area contributed by atoms with Gasteiger partial charge in [0.25, 0.3) is 0 Å². The molecule has 0 atom stereocenters. The molecule has 3 aromatic carbocycles. The first kappa shape index (κ1) is 20.8. The topological polar surface area (TPSA) is 27.7 Å². The molecular weight excluding hydrogens is 360 g/mol. The quantitative estimate of drug-likeness (QED) is 0.438. The Kier molecular flexibility index (Phi) is 6.82. The summed E-state index contributed by atoms with van der Waals surface area (Å²) in [5.74, 6) is 2.56. The van der Waals surface area contributed by atoms with Gasteiger partial charge in [-0.15, -0.1) is 0 Å². The molecule has 152 valence electrons. The van der Waals surface area contributed by atoms with Crippen LogP contribution in [-0.2, 0) is 0 Å². The summed E-state index contributed by atoms with van der Waals surface area (Å²) in [4.78, 5) is 0. The molecule has 0 bridgehead atoms. The van der Waals surface area contributed by atoms with E-state index in [4.69, 9.17) is 14.2 Å². The minimum absolute atomic E-state index is 0.319. The maximum absolute atomic E-state index is 6.08. The zero-order valence-electron chi connectivity index (χ0n) is 17.8. The molecule has 0 heterocycles. The van der Waals surface area contributed by atoms with Crippen LogP contribution >= 0.6 is 0 Å². The van der Waals surface area contributed by atoms with Crippen molar-refractivity contribution in [3.63, 3.8) is 0 Å². The first-order chi connectivity index (χ1) is 13.9. The fourth-order valence-corrected chi connectivity index (χ4v) is 2.80. The predicted octanol–water partition coefficient (Wildman–Crippen LogP) is 6.15. The Bertz CT molecular complexity index is 760. The molecule has 0 fully saturated rings. The van der Waals surface area contributed by atoms with Crippen molar-refractivity contribution in [2.75, 3.05) is 19.8 Å². The van der Waals surface area contributed by atoms with Gasteiger partial charge < -0.3 is 14.2 Å². The van der Waals surface area contributed by atoms with Crippen LogP contribution in [0.25, 0.3) is 0 Å². The third-order valence-corrected chi connectivity index (χ3v) is 4.82. The molecule has 3 rings (SSSR count). The second-order valence-electron chi connectivity index (χ2n) is 8.12. The van der Waals surface area contributed by atoms with Crippen LogP contribution in [-0.4, -0.2) is 19.8 Å². The third kappa shape index (κ3) is 6.56. The molecule has 0 aromatic heterocycles. The molecule has 0 aliphatic heterocycles. The Morgan fingerprint density at radius 3 is 0.966 bits per heavy atom. The summed E-state index contributed by atoms with van der Waals surface area (Å²) >= 11 is 0. The molecule has 0 saturated heterocycles. The van der Waals surface area contributed by atoms with Crippen molar-refractivity contribution < 1.29 is 14.2 Å². The summed E-state index contributed by atoms with van der Waals surface area (Å²) in [6.07, 6.45) is 0. The highest BCUT2D eigenvalue weighted by molar-refractivity contribution is 5.28. The molecule has 0 aliphatic carbocycles. The Hall–Kier alpha value is -2.94. The van der Waals surface area contributed by atoms with Crippen LogP contribution in [0.3, 0.4) is 0 Å². The van der Waals surface area contributed by atoms with E-state index in [0.717, 1.165) is 17.2 Å². The van der Waals surface area contributed by atoms with Gasteiger partial charge in [-0.05, 0) is 64.1 Å². The summed E-state index contributed by atoms with van der Waals surface area (Å²) in [5, 5.41) is 0. The van der Waals surface area contributed by atoms with Crippen LogP contribution in [0.1, 0.15) is 23.6 Å². The van der Waals surface area contributed by atoms with Gasteiger partial charge in [0.05, 0.1) is 5.41 Å². The highest BCUT2D eigenvalue weighted by atomic mass is 16.5. The van der Waals surface area contributed by atoms with E-state index in [9.17, 15) is 0 Å². The number of rotatable bonds is 9. The van der Waals surface area contributed by atoms with Crippen LogP contribution in [0.4, 0.5) is 0 Å². The van der Waals surface area contributed by atoms with E-state index in [1.165, 1.54) is 16.7 Å². The van der Waals surface area contributed by atoms with Gasteiger partial charge >= 0.3 is 0 Å². The molecule has 0 amide bonds. The second kappa shape index (κ2) is 9.51. The lowest BCUT2D eigenvalue weighted by atomic mass is 9.94. The molecule has 0 saturated carbocycles. The molecule has 3 heteroatoms. The van der Waals surface area contributed by atoms with E-state index in [1.807, 2.05) is 36.4 Å². The fourth-order valence-electron chi connectivity index (χ4n) is 2.80. The number of aryl methyl sites for hydroxylation is 3. The summed E-state index contributed by atoms with van der Waals surface area (Å²) in [6, 6.07) is 24.3. The largest absolute Gasteiger partial charge is 0.493 e. The van der Waals surface area contributed by atoms with Gasteiger partial charge in [-0.2, -0.15) is 0 Å². The van der Waals surface area contributed by atoms with Gasteiger partial charge in [-0.3, -0.25) is 0 Å². The first-order valence-electron chi connectivity index (χ1n) is 10.0. The lowest BCUT2D eigenvalue weighted by molar-refractivity contribution is 0.0473. The van der Waals surface area contributed by atoms with Crippen molar-refractivity contribution >= 4 is 0 Å². The van der Waals surface area contributed by atoms with E-state index in [2.05, 4.69) is 64.1 Å². The zero-order chi connectivity index (χ0) is 20.7. The van der Waals surface area contributed by atoms with E-state index >= 15 is 0 Å². The summed E-state index contributed by atoms with van der Waals surface area (Å²) in [6.45, 7) is 9.81. The number of hydrogen-bond acceptors (Lipinski definition) is 3. The third-order valence-electron chi connectivity index (χ3n) is 4.82. The van der Waals surface area contributed by atoms with Gasteiger partial charge in [-0.25, -0.2) is 0 Å². The Labute approximate surface area is 174 Å². The Morgan fingerprint density at radius 1 is 0.483 bits per heavy atom. The summed E-state index contributed by atoms with van der Waals surface area (Å²) in [5.41, 5.74) is 3.32. The highest BCUT2D eigenvalue weighted by Gasteiger charge is 2.28. The van der Waals surface area contributed by atoms with Crippen molar-refractivity contribution in [2.45, 2.75) is 27.7 Å². The zero-order valence-corrected chi connectivity index (χ0v) is 17.8. The monoisotopic (exact) mass is 390 g/mol. The van der Waals surface area contributed by atoms with Crippen molar-refractivity contribution in [2.24, 2.45) is 5.41 Å². The van der Waals surface area contributed by atoms with Gasteiger partial charge in [0.15, 0.2) is 0 Å². The lowest BCUT2D eigenvalue weighted by Crippen LogP contribution is -2.37. The van der Waals surface area contributed by atoms with Crippen molar-refractivity contribution in [3.8, 4) is 17.2 Å². The Balaban J connectivity index is 1.66. The molecule has 3 aromatic rings. The van der Waals surface area contributed by atoms with Crippen LogP contribution in [0.15, 0.2) is 72.8 Å². The predicted molar refractivity (Wildman–Crippen MR) is 118 cm³/mol. The molecule has 29 heavy (non-hydrogen) atoms. The normalized spacial score (nSPS) is 11.2. The van der Waals surface area contributed by atoms with Crippen LogP contribution < -0.4 is 14.2 Å². The van der Waals surface area contributed by atoms with Crippen molar-refractivity contribution in [1.82, 2.24) is 0 Å². The molecule has 0 radical (unpaired) electrons. The standard InChI is InChI=1S/C26H30O3/c1-20-5-11-23(12-6-20)27-17-26(4,18-28-24-13-7-21(2)8-14-24)19-29-25-15-9-22(3)10-16-25/h5-16H,17-19H2,1-4H3. The lowest BCUT2D eigenvalue weighted by Gasteiger charge is -2.29. The van der Waals surface area contributed by atoms with E-state index in [0.29, 0.717) is 19.8 Å². The van der Waals surface area contributed by atoms with E-state index in [-0.39, 0.29) is 5.41 Å². The minimum Gasteiger partial charge on any atom is -0.493 e. The molecule has 0 aliphatic rings. The fraction of sp³-hybridized carbons (Fsp3) is 0.308. The van der Waals surface area contributed by atoms with Crippen LogP contribution in [0.5, 0.6) is 17.2 Å². The second-order valence-corrected chi connectivity index (χ2v) is 8.12. The first-order valence-corrected chi connectivity index (χ1v) is 10.0. The highest BCUT2D eigenvalue weighted by Crippen LogP contribution is 2.24. The summed E-state index contributed by atoms with van der Waals surface area (Å²) in [7, 11) is 0. The van der Waals surface area contributed by atoms with Gasteiger partial charge in [0, 0.05) is 0 Å². The van der Waals surface area contributed by atoms with Gasteiger partial charge in [-0.1, -0.05) is 53.1 Å². The Morgan fingerprint density at radius 2 is 0.724 bits per heavy atom. The van der Waals surface area contributed by atoms with Crippen LogP contribution in [0, 0.1) is 26.2 Å². The number of ether oxygens (including phenoxy) is 3. The summed E-state index contributed by atoms with van der Waals surface area (Å²) < 4.78 is 18.2. The van der Waals surface area contributed by atoms with E-state index in [1.54, 1.807) is 0 Å². The van der Waals surface area contributed by atoms with Crippen molar-refractivity contribution in [1.29, 1.82) is 0 Å². The molecular formula is C26H30O3. The molecule has 3 nitrogen and oxygen atoms in total. The molecule has 0 spiro atoms. The average Bonchev–Trinajstić information content (AvgIpc) is 2.73. The maximum atomic E-state index is 6.08. The minimum atomic E-state index is -0.319. The SMILES string of the molecule is Cc1ccc(OCC(C)(COc2ccc(C)cc2)COc2ccc(C)cc2)cc1. The van der Waals surface area contributed by atoms with Gasteiger partial charge in [0.2, 0.25) is 0 Å². The smallest absolute Gasteiger partial charge is 0.119 e. The molecule has 0 unspecified atom stereocenters.